The van der Waals surface area contributed by atoms with E-state index in [1.165, 1.54) is 48.7 Å². The number of nitrogens with zero attached hydrogens (tertiary/aromatic N) is 1. The maximum atomic E-state index is 6.57. The highest BCUT2D eigenvalue weighted by Gasteiger charge is 2.21. The Labute approximate surface area is 360 Å². The molecule has 0 fully saturated rings. The standard InChI is InChI=1S/C60H39NO/c1-2-15-43(16-3-1)59-55-27-12-13-28-58(55)62-60(59)47-20-14-19-44(37-47)42-31-29-40(30-32-42)41-33-35-48(36-34-41)61(56-38-45-17-4-6-21-49(45)51-23-8-10-25-53(51)56)57-39-46-18-5-7-22-50(46)52-24-9-11-26-54(52)57/h1-39H. The first-order chi connectivity index (χ1) is 30.7. The average Bonchev–Trinajstić information content (AvgIpc) is 3.75. The smallest absolute Gasteiger partial charge is 0.143 e. The number of furan rings is 1. The van der Waals surface area contributed by atoms with Crippen LogP contribution in [0.5, 0.6) is 0 Å². The average molecular weight is 790 g/mol. The molecular weight excluding hydrogens is 751 g/mol. The summed E-state index contributed by atoms with van der Waals surface area (Å²) in [7, 11) is 0. The van der Waals surface area contributed by atoms with Crippen LogP contribution in [0, 0.1) is 0 Å². The molecule has 0 aliphatic rings. The Balaban J connectivity index is 0.941. The van der Waals surface area contributed by atoms with E-state index >= 15 is 0 Å². The van der Waals surface area contributed by atoms with Crippen molar-refractivity contribution in [3.8, 4) is 44.7 Å². The van der Waals surface area contributed by atoms with Crippen molar-refractivity contribution in [2.75, 3.05) is 4.90 Å². The first kappa shape index (κ1) is 35.7. The summed E-state index contributed by atoms with van der Waals surface area (Å²) in [5.74, 6) is 0.887. The lowest BCUT2D eigenvalue weighted by Gasteiger charge is -2.29. The van der Waals surface area contributed by atoms with Gasteiger partial charge in [0.15, 0.2) is 0 Å². The molecule has 0 atom stereocenters. The third-order valence-corrected chi connectivity index (χ3v) is 12.4. The van der Waals surface area contributed by atoms with Crippen LogP contribution in [0.3, 0.4) is 0 Å². The predicted octanol–water partition coefficient (Wildman–Crippen LogP) is 17.2. The van der Waals surface area contributed by atoms with Crippen molar-refractivity contribution in [1.82, 2.24) is 0 Å². The van der Waals surface area contributed by atoms with Gasteiger partial charge in [-0.15, -0.1) is 0 Å². The van der Waals surface area contributed by atoms with Gasteiger partial charge in [-0.05, 0) is 96.5 Å². The lowest BCUT2D eigenvalue weighted by Crippen LogP contribution is -2.11. The first-order valence-electron chi connectivity index (χ1n) is 21.2. The van der Waals surface area contributed by atoms with E-state index in [1.54, 1.807) is 0 Å². The summed E-state index contributed by atoms with van der Waals surface area (Å²) in [5.41, 5.74) is 12.2. The van der Waals surface area contributed by atoms with Crippen LogP contribution < -0.4 is 4.90 Å². The zero-order chi connectivity index (χ0) is 41.0. The SMILES string of the molecule is c1ccc(-c2c(-c3cccc(-c4ccc(-c5ccc(N(c6cc7ccccc7c7ccccc67)c6cc7ccccc7c7ccccc67)cc5)cc4)c3)oc3ccccc23)cc1. The van der Waals surface area contributed by atoms with Gasteiger partial charge in [-0.2, -0.15) is 0 Å². The Bertz CT molecular complexity index is 3500. The Morgan fingerprint density at radius 1 is 0.274 bits per heavy atom. The van der Waals surface area contributed by atoms with Gasteiger partial charge < -0.3 is 9.32 Å². The van der Waals surface area contributed by atoms with Gasteiger partial charge in [0.05, 0.1) is 11.4 Å². The fourth-order valence-electron chi connectivity index (χ4n) is 9.49. The summed E-state index contributed by atoms with van der Waals surface area (Å²) in [6, 6.07) is 85.4. The van der Waals surface area contributed by atoms with E-state index in [1.807, 2.05) is 6.07 Å². The fourth-order valence-corrected chi connectivity index (χ4v) is 9.49. The summed E-state index contributed by atoms with van der Waals surface area (Å²) in [6.07, 6.45) is 0. The van der Waals surface area contributed by atoms with E-state index in [2.05, 4.69) is 235 Å². The van der Waals surface area contributed by atoms with Crippen LogP contribution in [-0.4, -0.2) is 0 Å². The van der Waals surface area contributed by atoms with Gasteiger partial charge >= 0.3 is 0 Å². The molecule has 290 valence electrons. The van der Waals surface area contributed by atoms with E-state index < -0.39 is 0 Å². The minimum Gasteiger partial charge on any atom is -0.455 e. The molecule has 0 unspecified atom stereocenters. The molecule has 11 aromatic carbocycles. The van der Waals surface area contributed by atoms with Gasteiger partial charge in [0.1, 0.15) is 11.3 Å². The van der Waals surface area contributed by atoms with E-state index in [0.29, 0.717) is 0 Å². The molecule has 0 radical (unpaired) electrons. The number of hydrogen-bond donors (Lipinski definition) is 0. The quantitative estimate of drug-likeness (QED) is 0.150. The molecule has 0 saturated heterocycles. The summed E-state index contributed by atoms with van der Waals surface area (Å²) in [5, 5.41) is 11.0. The molecule has 0 aliphatic heterocycles. The van der Waals surface area contributed by atoms with Crippen molar-refractivity contribution in [2.24, 2.45) is 0 Å². The van der Waals surface area contributed by atoms with Crippen LogP contribution in [0.15, 0.2) is 241 Å². The van der Waals surface area contributed by atoms with Crippen LogP contribution in [-0.2, 0) is 0 Å². The van der Waals surface area contributed by atoms with E-state index in [9.17, 15) is 0 Å². The van der Waals surface area contributed by atoms with Crippen LogP contribution in [0.2, 0.25) is 0 Å². The van der Waals surface area contributed by atoms with Gasteiger partial charge in [-0.1, -0.05) is 200 Å². The monoisotopic (exact) mass is 789 g/mol. The molecule has 12 aromatic rings. The van der Waals surface area contributed by atoms with Crippen molar-refractivity contribution < 1.29 is 4.42 Å². The topological polar surface area (TPSA) is 16.4 Å². The van der Waals surface area contributed by atoms with Gasteiger partial charge in [0, 0.05) is 33.0 Å². The number of rotatable bonds is 7. The number of para-hydroxylation sites is 1. The van der Waals surface area contributed by atoms with Gasteiger partial charge in [0.25, 0.3) is 0 Å². The van der Waals surface area contributed by atoms with Crippen molar-refractivity contribution in [3.05, 3.63) is 237 Å². The third kappa shape index (κ3) is 6.04. The molecule has 0 saturated carbocycles. The maximum Gasteiger partial charge on any atom is 0.143 e. The largest absolute Gasteiger partial charge is 0.455 e. The normalized spacial score (nSPS) is 11.5. The molecule has 2 nitrogen and oxygen atoms in total. The fraction of sp³-hybridized carbons (Fsp3) is 0. The maximum absolute atomic E-state index is 6.57. The molecule has 0 N–H and O–H groups in total. The molecule has 1 aromatic heterocycles. The molecule has 1 heterocycles. The zero-order valence-electron chi connectivity index (χ0n) is 33.9. The second-order valence-electron chi connectivity index (χ2n) is 16.0. The Morgan fingerprint density at radius 3 is 1.31 bits per heavy atom. The van der Waals surface area contributed by atoms with Gasteiger partial charge in [-0.25, -0.2) is 0 Å². The highest BCUT2D eigenvalue weighted by molar-refractivity contribution is 6.18. The molecule has 0 aliphatic carbocycles. The molecule has 0 amide bonds. The predicted molar refractivity (Wildman–Crippen MR) is 263 cm³/mol. The number of fused-ring (bicyclic) bond motifs is 7. The molecule has 12 rings (SSSR count). The zero-order valence-corrected chi connectivity index (χ0v) is 33.9. The molecule has 2 heteroatoms. The Hall–Kier alpha value is -8.20. The summed E-state index contributed by atoms with van der Waals surface area (Å²) < 4.78 is 6.57. The minimum absolute atomic E-state index is 0.887. The number of anilines is 3. The second kappa shape index (κ2) is 14.8. The first-order valence-corrected chi connectivity index (χ1v) is 21.2. The molecule has 62 heavy (non-hydrogen) atoms. The van der Waals surface area contributed by atoms with E-state index in [0.717, 1.165) is 67.2 Å². The highest BCUT2D eigenvalue weighted by atomic mass is 16.3. The lowest BCUT2D eigenvalue weighted by molar-refractivity contribution is 0.632. The Kier molecular flexibility index (Phi) is 8.53. The second-order valence-corrected chi connectivity index (χ2v) is 16.0. The van der Waals surface area contributed by atoms with Gasteiger partial charge in [-0.3, -0.25) is 0 Å². The van der Waals surface area contributed by atoms with Crippen molar-refractivity contribution in [1.29, 1.82) is 0 Å². The molecule has 0 spiro atoms. The van der Waals surface area contributed by atoms with Crippen LogP contribution >= 0.6 is 0 Å². The summed E-state index contributed by atoms with van der Waals surface area (Å²) in [6.45, 7) is 0. The lowest BCUT2D eigenvalue weighted by atomic mass is 9.95. The van der Waals surface area contributed by atoms with Crippen molar-refractivity contribution in [3.63, 3.8) is 0 Å². The van der Waals surface area contributed by atoms with Gasteiger partial charge in [0.2, 0.25) is 0 Å². The third-order valence-electron chi connectivity index (χ3n) is 12.4. The Morgan fingerprint density at radius 2 is 0.710 bits per heavy atom. The number of benzene rings is 11. The molecule has 0 bridgehead atoms. The minimum atomic E-state index is 0.887. The number of hydrogen-bond acceptors (Lipinski definition) is 2. The summed E-state index contributed by atoms with van der Waals surface area (Å²) >= 11 is 0. The molecular formula is C60H39NO. The van der Waals surface area contributed by atoms with Crippen molar-refractivity contribution in [2.45, 2.75) is 0 Å². The van der Waals surface area contributed by atoms with Crippen molar-refractivity contribution >= 4 is 71.1 Å². The van der Waals surface area contributed by atoms with Crippen LogP contribution in [0.1, 0.15) is 0 Å². The highest BCUT2D eigenvalue weighted by Crippen LogP contribution is 2.47. The van der Waals surface area contributed by atoms with Crippen LogP contribution in [0.4, 0.5) is 17.1 Å². The van der Waals surface area contributed by atoms with E-state index in [4.69, 9.17) is 4.42 Å². The summed E-state index contributed by atoms with van der Waals surface area (Å²) in [4.78, 5) is 2.47. The van der Waals surface area contributed by atoms with Crippen LogP contribution in [0.25, 0.3) is 98.8 Å². The van der Waals surface area contributed by atoms with E-state index in [-0.39, 0.29) is 0 Å².